The summed E-state index contributed by atoms with van der Waals surface area (Å²) in [5.41, 5.74) is 0.814. The molecule has 2 aromatic rings. The summed E-state index contributed by atoms with van der Waals surface area (Å²) in [6.07, 6.45) is 2.94. The number of carbonyl (C=O) groups excluding carboxylic acids is 1. The number of esters is 1. The summed E-state index contributed by atoms with van der Waals surface area (Å²) in [4.78, 5) is 26.7. The zero-order valence-electron chi connectivity index (χ0n) is 9.74. The van der Waals surface area contributed by atoms with E-state index >= 15 is 0 Å². The fraction of sp³-hybridized carbons (Fsp3) is 0.167. The van der Waals surface area contributed by atoms with Crippen LogP contribution in [0.4, 0.5) is 0 Å². The standard InChI is InChI=1S/C12H11N3O3/c1-18-12(17)9-4-5-10(13-7-9)8-15-11(16)3-2-6-14-15/h2-7H,8H2,1H3. The molecule has 0 aromatic carbocycles. The Kier molecular flexibility index (Phi) is 3.47. The van der Waals surface area contributed by atoms with Gasteiger partial charge in [-0.3, -0.25) is 9.78 Å². The van der Waals surface area contributed by atoms with Crippen molar-refractivity contribution in [2.75, 3.05) is 7.11 Å². The molecule has 2 heterocycles. The van der Waals surface area contributed by atoms with Crippen molar-refractivity contribution in [3.63, 3.8) is 0 Å². The average Bonchev–Trinajstić information content (AvgIpc) is 2.41. The minimum atomic E-state index is -0.441. The van der Waals surface area contributed by atoms with E-state index in [1.54, 1.807) is 18.2 Å². The van der Waals surface area contributed by atoms with Gasteiger partial charge in [-0.1, -0.05) is 0 Å². The average molecular weight is 245 g/mol. The van der Waals surface area contributed by atoms with Crippen LogP contribution in [-0.4, -0.2) is 27.8 Å². The van der Waals surface area contributed by atoms with Crippen LogP contribution in [0.3, 0.4) is 0 Å². The first-order valence-corrected chi connectivity index (χ1v) is 5.26. The molecule has 2 aromatic heterocycles. The lowest BCUT2D eigenvalue weighted by molar-refractivity contribution is 0.0600. The van der Waals surface area contributed by atoms with Gasteiger partial charge in [0, 0.05) is 18.5 Å². The van der Waals surface area contributed by atoms with E-state index in [9.17, 15) is 9.59 Å². The molecule has 0 amide bonds. The molecular weight excluding hydrogens is 234 g/mol. The second-order valence-electron chi connectivity index (χ2n) is 3.55. The number of aromatic nitrogens is 3. The normalized spacial score (nSPS) is 10.1. The Labute approximate surface area is 103 Å². The minimum Gasteiger partial charge on any atom is -0.465 e. The third kappa shape index (κ3) is 2.60. The van der Waals surface area contributed by atoms with Crippen LogP contribution in [0, 0.1) is 0 Å². The maximum Gasteiger partial charge on any atom is 0.339 e. The Morgan fingerprint density at radius 3 is 2.83 bits per heavy atom. The summed E-state index contributed by atoms with van der Waals surface area (Å²) in [6, 6.07) is 6.26. The Balaban J connectivity index is 2.19. The molecule has 2 rings (SSSR count). The maximum absolute atomic E-state index is 11.4. The molecule has 0 fully saturated rings. The summed E-state index contributed by atoms with van der Waals surface area (Å²) in [7, 11) is 1.31. The molecule has 0 spiro atoms. The molecule has 0 aliphatic carbocycles. The SMILES string of the molecule is COC(=O)c1ccc(Cn2ncccc2=O)nc1. The Bertz CT molecular complexity index is 604. The Morgan fingerprint density at radius 1 is 1.39 bits per heavy atom. The molecule has 0 saturated heterocycles. The van der Waals surface area contributed by atoms with Crippen molar-refractivity contribution in [3.05, 3.63) is 58.3 Å². The second-order valence-corrected chi connectivity index (χ2v) is 3.55. The number of nitrogens with zero attached hydrogens (tertiary/aromatic N) is 3. The molecule has 92 valence electrons. The fourth-order valence-corrected chi connectivity index (χ4v) is 1.42. The summed E-state index contributed by atoms with van der Waals surface area (Å²) in [5, 5.41) is 3.92. The number of hydrogen-bond donors (Lipinski definition) is 0. The Hall–Kier alpha value is -2.50. The zero-order valence-corrected chi connectivity index (χ0v) is 9.74. The highest BCUT2D eigenvalue weighted by molar-refractivity contribution is 5.88. The molecule has 6 nitrogen and oxygen atoms in total. The first-order valence-electron chi connectivity index (χ1n) is 5.26. The number of hydrogen-bond acceptors (Lipinski definition) is 5. The van der Waals surface area contributed by atoms with Crippen molar-refractivity contribution in [2.24, 2.45) is 0 Å². The summed E-state index contributed by atoms with van der Waals surface area (Å²) in [6.45, 7) is 0.265. The van der Waals surface area contributed by atoms with E-state index in [4.69, 9.17) is 0 Å². The maximum atomic E-state index is 11.4. The monoisotopic (exact) mass is 245 g/mol. The number of ether oxygens (including phenoxy) is 1. The van der Waals surface area contributed by atoms with Gasteiger partial charge in [0.15, 0.2) is 0 Å². The van der Waals surface area contributed by atoms with E-state index in [0.29, 0.717) is 11.3 Å². The number of methoxy groups -OCH3 is 1. The van der Waals surface area contributed by atoms with Gasteiger partial charge < -0.3 is 4.74 Å². The van der Waals surface area contributed by atoms with Gasteiger partial charge in [0.1, 0.15) is 0 Å². The molecule has 6 heteroatoms. The van der Waals surface area contributed by atoms with Crippen molar-refractivity contribution in [3.8, 4) is 0 Å². The molecule has 18 heavy (non-hydrogen) atoms. The van der Waals surface area contributed by atoms with Gasteiger partial charge >= 0.3 is 5.97 Å². The van der Waals surface area contributed by atoms with Crippen LogP contribution in [0.5, 0.6) is 0 Å². The van der Waals surface area contributed by atoms with Crippen LogP contribution in [0.2, 0.25) is 0 Å². The van der Waals surface area contributed by atoms with Crippen molar-refractivity contribution in [1.82, 2.24) is 14.8 Å². The van der Waals surface area contributed by atoms with Gasteiger partial charge in [-0.2, -0.15) is 5.10 Å². The van der Waals surface area contributed by atoms with Crippen LogP contribution in [0.15, 0.2) is 41.5 Å². The smallest absolute Gasteiger partial charge is 0.339 e. The lowest BCUT2D eigenvalue weighted by atomic mass is 10.2. The highest BCUT2D eigenvalue weighted by Gasteiger charge is 2.06. The van der Waals surface area contributed by atoms with Crippen LogP contribution in [0.25, 0.3) is 0 Å². The van der Waals surface area contributed by atoms with Gasteiger partial charge in [0.2, 0.25) is 0 Å². The van der Waals surface area contributed by atoms with Gasteiger partial charge in [-0.05, 0) is 18.2 Å². The van der Waals surface area contributed by atoms with E-state index in [2.05, 4.69) is 14.8 Å². The van der Waals surface area contributed by atoms with Crippen LogP contribution < -0.4 is 5.56 Å². The van der Waals surface area contributed by atoms with E-state index in [0.717, 1.165) is 0 Å². The fourth-order valence-electron chi connectivity index (χ4n) is 1.42. The van der Waals surface area contributed by atoms with Crippen LogP contribution >= 0.6 is 0 Å². The first kappa shape index (κ1) is 12.0. The quantitative estimate of drug-likeness (QED) is 0.735. The predicted molar refractivity (Wildman–Crippen MR) is 63.2 cm³/mol. The van der Waals surface area contributed by atoms with Gasteiger partial charge in [0.25, 0.3) is 5.56 Å². The molecule has 0 bridgehead atoms. The third-order valence-corrected chi connectivity index (χ3v) is 2.34. The minimum absolute atomic E-state index is 0.198. The second kappa shape index (κ2) is 5.22. The molecule has 0 N–H and O–H groups in total. The van der Waals surface area contributed by atoms with E-state index in [1.165, 1.54) is 30.3 Å². The summed E-state index contributed by atoms with van der Waals surface area (Å²) in [5.74, 6) is -0.441. The van der Waals surface area contributed by atoms with Crippen molar-refractivity contribution < 1.29 is 9.53 Å². The van der Waals surface area contributed by atoms with Crippen molar-refractivity contribution >= 4 is 5.97 Å². The molecule has 0 unspecified atom stereocenters. The molecule has 0 radical (unpaired) electrons. The van der Waals surface area contributed by atoms with Gasteiger partial charge in [-0.25, -0.2) is 9.48 Å². The molecule has 0 saturated carbocycles. The number of carbonyl (C=O) groups is 1. The molecule has 0 aliphatic heterocycles. The summed E-state index contributed by atoms with van der Waals surface area (Å²) >= 11 is 0. The van der Waals surface area contributed by atoms with Gasteiger partial charge in [0.05, 0.1) is 24.9 Å². The lowest BCUT2D eigenvalue weighted by Gasteiger charge is -2.03. The van der Waals surface area contributed by atoms with Crippen molar-refractivity contribution in [1.29, 1.82) is 0 Å². The number of pyridine rings is 1. The van der Waals surface area contributed by atoms with Crippen LogP contribution in [0.1, 0.15) is 16.1 Å². The molecule has 0 aliphatic rings. The largest absolute Gasteiger partial charge is 0.465 e. The number of rotatable bonds is 3. The third-order valence-electron chi connectivity index (χ3n) is 2.34. The first-order chi connectivity index (χ1) is 8.70. The Morgan fingerprint density at radius 2 is 2.22 bits per heavy atom. The van der Waals surface area contributed by atoms with Gasteiger partial charge in [-0.15, -0.1) is 0 Å². The topological polar surface area (TPSA) is 74.1 Å². The zero-order chi connectivity index (χ0) is 13.0. The van der Waals surface area contributed by atoms with E-state index in [1.807, 2.05) is 0 Å². The van der Waals surface area contributed by atoms with E-state index < -0.39 is 5.97 Å². The lowest BCUT2D eigenvalue weighted by Crippen LogP contribution is -2.22. The van der Waals surface area contributed by atoms with Crippen molar-refractivity contribution in [2.45, 2.75) is 6.54 Å². The van der Waals surface area contributed by atoms with E-state index in [-0.39, 0.29) is 12.1 Å². The highest BCUT2D eigenvalue weighted by Crippen LogP contribution is 2.02. The molecule has 0 atom stereocenters. The predicted octanol–water partition coefficient (Wildman–Crippen LogP) is 0.473. The molecular formula is C12H11N3O3. The highest BCUT2D eigenvalue weighted by atomic mass is 16.5. The van der Waals surface area contributed by atoms with Crippen LogP contribution in [-0.2, 0) is 11.3 Å². The summed E-state index contributed by atoms with van der Waals surface area (Å²) < 4.78 is 5.86.